The molecule has 0 unspecified atom stereocenters. The number of nitroso groups, excluding NO2 is 1. The van der Waals surface area contributed by atoms with Crippen molar-refractivity contribution in [3.05, 3.63) is 4.91 Å². The molecule has 0 aliphatic carbocycles. The summed E-state index contributed by atoms with van der Waals surface area (Å²) < 4.78 is 0. The quantitative estimate of drug-likeness (QED) is 0.415. The van der Waals surface area contributed by atoms with Crippen molar-refractivity contribution in [2.75, 3.05) is 0 Å². The molecule has 0 rings (SSSR count). The Labute approximate surface area is 41.6 Å². The van der Waals surface area contributed by atoms with Crippen LogP contribution < -0.4 is 0 Å². The zero-order chi connectivity index (χ0) is 5.86. The highest BCUT2D eigenvalue weighted by molar-refractivity contribution is 4.41. The largest absolute Gasteiger partial charge is 0.269 e. The molecule has 4 nitrogen and oxygen atoms in total. The van der Waals surface area contributed by atoms with Crippen LogP contribution in [0, 0.1) is 4.91 Å². The molecule has 0 atom stereocenters. The van der Waals surface area contributed by atoms with Gasteiger partial charge in [-0.25, -0.2) is 0 Å². The molecule has 0 amide bonds. The highest BCUT2D eigenvalue weighted by atomic mass is 16.6. The first-order valence-electron chi connectivity index (χ1n) is 2.00. The molecule has 0 saturated heterocycles. The second-order valence-electron chi connectivity index (χ2n) is 1.50. The number of nitrogens with zero attached hydrogens (tertiary/aromatic N) is 2. The summed E-state index contributed by atoms with van der Waals surface area (Å²) in [4.78, 5) is 9.37. The maximum absolute atomic E-state index is 9.37. The molecular formula is C3H8N2O2. The molecular weight excluding hydrogens is 96.0 g/mol. The highest BCUT2D eigenvalue weighted by Gasteiger charge is 1.99. The van der Waals surface area contributed by atoms with E-state index in [1.807, 2.05) is 0 Å². The molecule has 7 heavy (non-hydrogen) atoms. The van der Waals surface area contributed by atoms with E-state index in [0.717, 1.165) is 0 Å². The van der Waals surface area contributed by atoms with Crippen molar-refractivity contribution in [3.63, 3.8) is 0 Å². The maximum Gasteiger partial charge on any atom is 0.0789 e. The van der Waals surface area contributed by atoms with Gasteiger partial charge >= 0.3 is 0 Å². The summed E-state index contributed by atoms with van der Waals surface area (Å²) in [6.07, 6.45) is 0. The van der Waals surface area contributed by atoms with E-state index in [9.17, 15) is 4.91 Å². The Bertz CT molecular complexity index is 64.0. The molecule has 0 saturated carbocycles. The lowest BCUT2D eigenvalue weighted by molar-refractivity contribution is -0.117. The van der Waals surface area contributed by atoms with Crippen molar-refractivity contribution in [1.82, 2.24) is 5.17 Å². The average Bonchev–Trinajstić information content (AvgIpc) is 1.65. The number of hydroxylamine groups is 1. The summed E-state index contributed by atoms with van der Waals surface area (Å²) in [5.41, 5.74) is 0. The Hall–Kier alpha value is -0.640. The summed E-state index contributed by atoms with van der Waals surface area (Å²) >= 11 is 0. The molecule has 0 fully saturated rings. The van der Waals surface area contributed by atoms with Crippen LogP contribution in [-0.4, -0.2) is 16.4 Å². The Kier molecular flexibility index (Phi) is 2.29. The van der Waals surface area contributed by atoms with Crippen LogP contribution in [0.1, 0.15) is 13.8 Å². The van der Waals surface area contributed by atoms with Gasteiger partial charge in [-0.1, -0.05) is 0 Å². The lowest BCUT2D eigenvalue weighted by Crippen LogP contribution is -2.19. The van der Waals surface area contributed by atoms with Crippen LogP contribution in [0.3, 0.4) is 0 Å². The van der Waals surface area contributed by atoms with Gasteiger partial charge in [0.05, 0.1) is 11.3 Å². The molecule has 4 heteroatoms. The molecule has 1 N–H and O–H groups in total. The lowest BCUT2D eigenvalue weighted by atomic mass is 10.4. The molecule has 0 spiro atoms. The SMILES string of the molecule is CC(C)N(O)N=O. The minimum atomic E-state index is -0.225. The predicted molar refractivity (Wildman–Crippen MR) is 24.6 cm³/mol. The topological polar surface area (TPSA) is 52.9 Å². The van der Waals surface area contributed by atoms with Gasteiger partial charge in [-0.15, -0.1) is 10.1 Å². The van der Waals surface area contributed by atoms with Crippen LogP contribution in [-0.2, 0) is 0 Å². The number of rotatable bonds is 2. The van der Waals surface area contributed by atoms with Gasteiger partial charge in [-0.2, -0.15) is 0 Å². The van der Waals surface area contributed by atoms with Crippen molar-refractivity contribution in [2.24, 2.45) is 5.29 Å². The second-order valence-corrected chi connectivity index (χ2v) is 1.50. The summed E-state index contributed by atoms with van der Waals surface area (Å²) in [6, 6.07) is -0.225. The van der Waals surface area contributed by atoms with Gasteiger partial charge in [0, 0.05) is 0 Å². The van der Waals surface area contributed by atoms with Crippen molar-refractivity contribution in [2.45, 2.75) is 19.9 Å². The van der Waals surface area contributed by atoms with Crippen LogP contribution in [0.25, 0.3) is 0 Å². The molecule has 0 aromatic rings. The fourth-order valence-corrected chi connectivity index (χ4v) is 0.0943. The van der Waals surface area contributed by atoms with Crippen LogP contribution in [0.5, 0.6) is 0 Å². The monoisotopic (exact) mass is 104 g/mol. The Balaban J connectivity index is 3.33. The minimum absolute atomic E-state index is 0.225. The van der Waals surface area contributed by atoms with E-state index >= 15 is 0 Å². The van der Waals surface area contributed by atoms with Gasteiger partial charge in [0.25, 0.3) is 0 Å². The van der Waals surface area contributed by atoms with Gasteiger partial charge < -0.3 is 0 Å². The number of hydrogen-bond donors (Lipinski definition) is 1. The van der Waals surface area contributed by atoms with E-state index in [0.29, 0.717) is 5.17 Å². The van der Waals surface area contributed by atoms with Crippen molar-refractivity contribution in [1.29, 1.82) is 0 Å². The number of hydrogen-bond acceptors (Lipinski definition) is 3. The van der Waals surface area contributed by atoms with Crippen molar-refractivity contribution < 1.29 is 5.21 Å². The third-order valence-electron chi connectivity index (χ3n) is 0.546. The zero-order valence-corrected chi connectivity index (χ0v) is 4.33. The molecule has 0 aliphatic heterocycles. The van der Waals surface area contributed by atoms with Crippen LogP contribution >= 0.6 is 0 Å². The lowest BCUT2D eigenvalue weighted by Gasteiger charge is -2.07. The molecule has 0 bridgehead atoms. The second kappa shape index (κ2) is 2.52. The Morgan fingerprint density at radius 3 is 2.14 bits per heavy atom. The normalized spacial score (nSPS) is 9.14. The third kappa shape index (κ3) is 2.11. The highest BCUT2D eigenvalue weighted by Crippen LogP contribution is 1.89. The minimum Gasteiger partial charge on any atom is -0.269 e. The molecule has 0 heterocycles. The van der Waals surface area contributed by atoms with Gasteiger partial charge in [0.1, 0.15) is 0 Å². The molecule has 0 aromatic carbocycles. The van der Waals surface area contributed by atoms with Crippen LogP contribution in [0.15, 0.2) is 5.29 Å². The van der Waals surface area contributed by atoms with E-state index in [-0.39, 0.29) is 6.04 Å². The van der Waals surface area contributed by atoms with Gasteiger partial charge in [-0.05, 0) is 13.8 Å². The molecule has 0 aromatic heterocycles. The molecule has 0 radical (unpaired) electrons. The van der Waals surface area contributed by atoms with Crippen molar-refractivity contribution in [3.8, 4) is 0 Å². The van der Waals surface area contributed by atoms with E-state index in [4.69, 9.17) is 5.21 Å². The smallest absolute Gasteiger partial charge is 0.0789 e. The maximum atomic E-state index is 9.37. The Morgan fingerprint density at radius 1 is 1.71 bits per heavy atom. The Morgan fingerprint density at radius 2 is 2.14 bits per heavy atom. The van der Waals surface area contributed by atoms with Gasteiger partial charge in [-0.3, -0.25) is 5.21 Å². The fourth-order valence-electron chi connectivity index (χ4n) is 0.0943. The third-order valence-corrected chi connectivity index (χ3v) is 0.546. The van der Waals surface area contributed by atoms with Crippen LogP contribution in [0.4, 0.5) is 0 Å². The standard InChI is InChI=1S/C3H8N2O2/c1-3(2)5(7)4-6/h3,7H,1-2H3. The first kappa shape index (κ1) is 6.36. The van der Waals surface area contributed by atoms with E-state index in [2.05, 4.69) is 5.29 Å². The summed E-state index contributed by atoms with van der Waals surface area (Å²) in [5, 5.41) is 10.9. The van der Waals surface area contributed by atoms with E-state index < -0.39 is 0 Å². The first-order chi connectivity index (χ1) is 3.18. The summed E-state index contributed by atoms with van der Waals surface area (Å²) in [6.45, 7) is 3.31. The molecule has 0 aliphatic rings. The van der Waals surface area contributed by atoms with Gasteiger partial charge in [0.15, 0.2) is 0 Å². The molecule has 42 valence electrons. The fraction of sp³-hybridized carbons (Fsp3) is 1.00. The first-order valence-corrected chi connectivity index (χ1v) is 2.00. The summed E-state index contributed by atoms with van der Waals surface area (Å²) in [7, 11) is 0. The average molecular weight is 104 g/mol. The predicted octanol–water partition coefficient (Wildman–Crippen LogP) is 0.767. The van der Waals surface area contributed by atoms with Crippen molar-refractivity contribution >= 4 is 0 Å². The van der Waals surface area contributed by atoms with Crippen LogP contribution in [0.2, 0.25) is 0 Å². The van der Waals surface area contributed by atoms with Gasteiger partial charge in [0.2, 0.25) is 0 Å². The van der Waals surface area contributed by atoms with E-state index in [1.54, 1.807) is 13.8 Å². The van der Waals surface area contributed by atoms with E-state index in [1.165, 1.54) is 0 Å². The zero-order valence-electron chi connectivity index (χ0n) is 4.33. The summed E-state index contributed by atoms with van der Waals surface area (Å²) in [5.74, 6) is 0.